The van der Waals surface area contributed by atoms with Gasteiger partial charge in [-0.1, -0.05) is 0 Å². The molecule has 1 aromatic carbocycles. The highest BCUT2D eigenvalue weighted by atomic mass is 32.2. The zero-order valence-corrected chi connectivity index (χ0v) is 14.0. The van der Waals surface area contributed by atoms with Crippen LogP contribution in [0.1, 0.15) is 0 Å². The second-order valence-electron chi connectivity index (χ2n) is 4.55. The second-order valence-corrected chi connectivity index (χ2v) is 6.41. The van der Waals surface area contributed by atoms with E-state index >= 15 is 0 Å². The van der Waals surface area contributed by atoms with Crippen molar-refractivity contribution in [1.29, 1.82) is 0 Å². The molecule has 0 fully saturated rings. The van der Waals surface area contributed by atoms with Gasteiger partial charge in [0.15, 0.2) is 0 Å². The fraction of sp³-hybridized carbons (Fsp3) is 0.267. The Labute approximate surface area is 137 Å². The maximum absolute atomic E-state index is 5.95. The fourth-order valence-electron chi connectivity index (χ4n) is 2.08. The lowest BCUT2D eigenvalue weighted by Gasteiger charge is -2.11. The van der Waals surface area contributed by atoms with Crippen molar-refractivity contribution in [2.75, 3.05) is 24.9 Å². The SMILES string of the molecule is CSCCOc1cc(SC)ccc1-c1cn2cncnc2n1. The molecule has 0 bridgehead atoms. The van der Waals surface area contributed by atoms with Gasteiger partial charge in [0.05, 0.1) is 12.3 Å². The third-order valence-electron chi connectivity index (χ3n) is 3.15. The molecule has 0 aliphatic heterocycles. The van der Waals surface area contributed by atoms with Crippen LogP contribution in [-0.4, -0.2) is 44.2 Å². The Kier molecular flexibility index (Phi) is 4.84. The maximum Gasteiger partial charge on any atom is 0.237 e. The lowest BCUT2D eigenvalue weighted by Crippen LogP contribution is -2.01. The van der Waals surface area contributed by atoms with Crippen molar-refractivity contribution in [2.24, 2.45) is 0 Å². The van der Waals surface area contributed by atoms with Crippen molar-refractivity contribution in [3.63, 3.8) is 0 Å². The molecule has 0 radical (unpaired) electrons. The van der Waals surface area contributed by atoms with E-state index in [2.05, 4.69) is 45.7 Å². The molecule has 0 unspecified atom stereocenters. The largest absolute Gasteiger partial charge is 0.492 e. The van der Waals surface area contributed by atoms with Gasteiger partial charge in [-0.2, -0.15) is 11.8 Å². The predicted molar refractivity (Wildman–Crippen MR) is 91.9 cm³/mol. The summed E-state index contributed by atoms with van der Waals surface area (Å²) >= 11 is 3.47. The van der Waals surface area contributed by atoms with Crippen LogP contribution in [0.25, 0.3) is 17.0 Å². The number of benzene rings is 1. The van der Waals surface area contributed by atoms with Gasteiger partial charge in [-0.05, 0) is 30.7 Å². The van der Waals surface area contributed by atoms with E-state index in [0.717, 1.165) is 22.8 Å². The fourth-order valence-corrected chi connectivity index (χ4v) is 2.76. The van der Waals surface area contributed by atoms with Crippen LogP contribution in [0, 0.1) is 0 Å². The molecule has 2 heterocycles. The predicted octanol–water partition coefficient (Wildman–Crippen LogP) is 3.26. The summed E-state index contributed by atoms with van der Waals surface area (Å²) in [6.07, 6.45) is 9.25. The van der Waals surface area contributed by atoms with Crippen LogP contribution in [0.15, 0.2) is 41.9 Å². The highest BCUT2D eigenvalue weighted by Gasteiger charge is 2.12. The Morgan fingerprint density at radius 3 is 2.95 bits per heavy atom. The Hall–Kier alpha value is -1.73. The van der Waals surface area contributed by atoms with E-state index in [-0.39, 0.29) is 0 Å². The first kappa shape index (κ1) is 15.2. The normalized spacial score (nSPS) is 11.0. The second kappa shape index (κ2) is 7.02. The van der Waals surface area contributed by atoms with E-state index in [1.54, 1.807) is 29.9 Å². The van der Waals surface area contributed by atoms with Crippen LogP contribution in [0.2, 0.25) is 0 Å². The number of rotatable bonds is 6. The van der Waals surface area contributed by atoms with Crippen molar-refractivity contribution in [1.82, 2.24) is 19.4 Å². The standard InChI is InChI=1S/C15H16N4OS2/c1-21-6-5-20-14-7-11(22-2)3-4-12(14)13-8-19-10-16-9-17-15(19)18-13/h3-4,7-10H,5-6H2,1-2H3. The molecule has 0 N–H and O–H groups in total. The highest BCUT2D eigenvalue weighted by molar-refractivity contribution is 7.98. The van der Waals surface area contributed by atoms with Crippen LogP contribution in [0.3, 0.4) is 0 Å². The molecular weight excluding hydrogens is 316 g/mol. The molecule has 5 nitrogen and oxygen atoms in total. The van der Waals surface area contributed by atoms with Crippen molar-refractivity contribution in [3.05, 3.63) is 37.1 Å². The first-order chi connectivity index (χ1) is 10.8. The van der Waals surface area contributed by atoms with Crippen LogP contribution >= 0.6 is 23.5 Å². The molecule has 0 saturated carbocycles. The number of nitrogens with zero attached hydrogens (tertiary/aromatic N) is 4. The summed E-state index contributed by atoms with van der Waals surface area (Å²) in [6.45, 7) is 0.680. The maximum atomic E-state index is 5.95. The van der Waals surface area contributed by atoms with Gasteiger partial charge in [0.25, 0.3) is 0 Å². The molecule has 7 heteroatoms. The van der Waals surface area contributed by atoms with Gasteiger partial charge in [-0.25, -0.2) is 15.0 Å². The van der Waals surface area contributed by atoms with Gasteiger partial charge in [0.1, 0.15) is 18.4 Å². The first-order valence-corrected chi connectivity index (χ1v) is 9.38. The van der Waals surface area contributed by atoms with Crippen LogP contribution in [0.5, 0.6) is 5.75 Å². The van der Waals surface area contributed by atoms with E-state index in [9.17, 15) is 0 Å². The van der Waals surface area contributed by atoms with E-state index < -0.39 is 0 Å². The lowest BCUT2D eigenvalue weighted by molar-refractivity contribution is 0.344. The number of fused-ring (bicyclic) bond motifs is 1. The molecule has 0 saturated heterocycles. The van der Waals surface area contributed by atoms with Crippen LogP contribution < -0.4 is 4.74 Å². The monoisotopic (exact) mass is 332 g/mol. The Morgan fingerprint density at radius 2 is 2.18 bits per heavy atom. The number of hydrogen-bond acceptors (Lipinski definition) is 6. The van der Waals surface area contributed by atoms with Gasteiger partial charge in [-0.3, -0.25) is 4.40 Å². The van der Waals surface area contributed by atoms with E-state index in [4.69, 9.17) is 4.74 Å². The van der Waals surface area contributed by atoms with Gasteiger partial charge in [0, 0.05) is 22.4 Å². The molecule has 0 atom stereocenters. The minimum absolute atomic E-state index is 0.633. The third-order valence-corrected chi connectivity index (χ3v) is 4.45. The van der Waals surface area contributed by atoms with Crippen LogP contribution in [-0.2, 0) is 0 Å². The molecule has 0 amide bonds. The van der Waals surface area contributed by atoms with Gasteiger partial charge < -0.3 is 4.74 Å². The Morgan fingerprint density at radius 1 is 1.27 bits per heavy atom. The number of ether oxygens (including phenoxy) is 1. The minimum atomic E-state index is 0.633. The van der Waals surface area contributed by atoms with Crippen molar-refractivity contribution in [2.45, 2.75) is 4.90 Å². The summed E-state index contributed by atoms with van der Waals surface area (Å²) in [6, 6.07) is 6.20. The number of thioether (sulfide) groups is 2. The molecule has 2 aromatic heterocycles. The summed E-state index contributed by atoms with van der Waals surface area (Å²) in [4.78, 5) is 13.9. The molecule has 3 rings (SSSR count). The first-order valence-electron chi connectivity index (χ1n) is 6.76. The molecular formula is C15H16N4OS2. The van der Waals surface area contributed by atoms with Crippen molar-refractivity contribution >= 4 is 29.3 Å². The summed E-state index contributed by atoms with van der Waals surface area (Å²) in [5.74, 6) is 2.45. The van der Waals surface area contributed by atoms with E-state index in [0.29, 0.717) is 12.4 Å². The van der Waals surface area contributed by atoms with E-state index in [1.807, 2.05) is 10.6 Å². The highest BCUT2D eigenvalue weighted by Crippen LogP contribution is 2.33. The quantitative estimate of drug-likeness (QED) is 0.510. The van der Waals surface area contributed by atoms with Crippen molar-refractivity contribution in [3.8, 4) is 17.0 Å². The average Bonchev–Trinajstić information content (AvgIpc) is 2.98. The molecule has 0 aliphatic rings. The van der Waals surface area contributed by atoms with Gasteiger partial charge in [-0.15, -0.1) is 11.8 Å². The number of hydrogen-bond donors (Lipinski definition) is 0. The van der Waals surface area contributed by atoms with E-state index in [1.165, 1.54) is 11.2 Å². The molecule has 0 aliphatic carbocycles. The molecule has 114 valence electrons. The van der Waals surface area contributed by atoms with Gasteiger partial charge in [0.2, 0.25) is 5.78 Å². The number of imidazole rings is 1. The van der Waals surface area contributed by atoms with Gasteiger partial charge >= 0.3 is 0 Å². The summed E-state index contributed by atoms with van der Waals surface area (Å²) in [5, 5.41) is 0. The summed E-state index contributed by atoms with van der Waals surface area (Å²) in [7, 11) is 0. The molecule has 0 spiro atoms. The lowest BCUT2D eigenvalue weighted by atomic mass is 10.1. The summed E-state index contributed by atoms with van der Waals surface area (Å²) < 4.78 is 7.76. The zero-order chi connectivity index (χ0) is 15.4. The topological polar surface area (TPSA) is 52.3 Å². The smallest absolute Gasteiger partial charge is 0.237 e. The van der Waals surface area contributed by atoms with Crippen molar-refractivity contribution < 1.29 is 4.74 Å². The minimum Gasteiger partial charge on any atom is -0.492 e. The molecule has 3 aromatic rings. The number of aromatic nitrogens is 4. The van der Waals surface area contributed by atoms with Crippen LogP contribution in [0.4, 0.5) is 0 Å². The molecule has 22 heavy (non-hydrogen) atoms. The Bertz CT molecular complexity index is 742. The average molecular weight is 332 g/mol. The zero-order valence-electron chi connectivity index (χ0n) is 12.4. The Balaban J connectivity index is 2.00. The summed E-state index contributed by atoms with van der Waals surface area (Å²) in [5.41, 5.74) is 1.82. The third kappa shape index (κ3) is 3.20.